The van der Waals surface area contributed by atoms with Gasteiger partial charge in [0.2, 0.25) is 0 Å². The van der Waals surface area contributed by atoms with E-state index in [4.69, 9.17) is 16.3 Å². The minimum absolute atomic E-state index is 0.509. The average molecular weight is 281 g/mol. The predicted molar refractivity (Wildman–Crippen MR) is 74.2 cm³/mol. The van der Waals surface area contributed by atoms with Gasteiger partial charge in [0.25, 0.3) is 0 Å². The van der Waals surface area contributed by atoms with Crippen LogP contribution in [0.2, 0.25) is 5.02 Å². The van der Waals surface area contributed by atoms with E-state index in [-0.39, 0.29) is 0 Å². The first kappa shape index (κ1) is 12.9. The number of halogens is 1. The van der Waals surface area contributed by atoms with Crippen molar-refractivity contribution in [1.82, 2.24) is 10.2 Å². The molecule has 0 amide bonds. The maximum Gasteiger partial charge on any atom is 0.0814 e. The number of benzene rings is 1. The Morgan fingerprint density at radius 1 is 1.42 bits per heavy atom. The molecule has 4 nitrogen and oxygen atoms in total. The first-order valence-electron chi connectivity index (χ1n) is 6.62. The Morgan fingerprint density at radius 2 is 2.21 bits per heavy atom. The second kappa shape index (κ2) is 5.49. The van der Waals surface area contributed by atoms with E-state index >= 15 is 0 Å². The molecule has 102 valence electrons. The highest BCUT2D eigenvalue weighted by Crippen LogP contribution is 2.32. The van der Waals surface area contributed by atoms with Gasteiger partial charge in [0, 0.05) is 29.2 Å². The molecule has 3 rings (SSSR count). The van der Waals surface area contributed by atoms with E-state index in [9.17, 15) is 5.11 Å². The van der Waals surface area contributed by atoms with Gasteiger partial charge in [-0.3, -0.25) is 5.10 Å². The van der Waals surface area contributed by atoms with Crippen LogP contribution in [0.5, 0.6) is 0 Å². The normalized spacial score (nSPS) is 18.8. The predicted octanol–water partition coefficient (Wildman–Crippen LogP) is 3.07. The Bertz CT molecular complexity index is 564. The summed E-state index contributed by atoms with van der Waals surface area (Å²) in [6.07, 6.45) is 4.00. The zero-order valence-electron chi connectivity index (χ0n) is 10.6. The summed E-state index contributed by atoms with van der Waals surface area (Å²) in [4.78, 5) is 0. The van der Waals surface area contributed by atoms with Gasteiger partial charge in [0.15, 0.2) is 0 Å². The van der Waals surface area contributed by atoms with Gasteiger partial charge in [-0.05, 0) is 37.3 Å². The second-order valence-electron chi connectivity index (χ2n) is 5.14. The minimum atomic E-state index is -0.509. The van der Waals surface area contributed by atoms with E-state index in [0.29, 0.717) is 10.9 Å². The zero-order valence-corrected chi connectivity index (χ0v) is 11.4. The molecule has 1 aliphatic heterocycles. The fourth-order valence-corrected chi connectivity index (χ4v) is 2.97. The maximum absolute atomic E-state index is 10.5. The number of hydrogen-bond acceptors (Lipinski definition) is 3. The van der Waals surface area contributed by atoms with E-state index in [1.807, 2.05) is 12.1 Å². The van der Waals surface area contributed by atoms with Crippen LogP contribution in [-0.4, -0.2) is 28.5 Å². The van der Waals surface area contributed by atoms with Gasteiger partial charge in [0.05, 0.1) is 17.8 Å². The molecule has 0 aliphatic carbocycles. The highest BCUT2D eigenvalue weighted by molar-refractivity contribution is 6.31. The highest BCUT2D eigenvalue weighted by Gasteiger charge is 2.21. The number of fused-ring (bicyclic) bond motifs is 1. The molecule has 0 spiro atoms. The largest absolute Gasteiger partial charge is 0.388 e. The van der Waals surface area contributed by atoms with Crippen molar-refractivity contribution in [2.75, 3.05) is 13.2 Å². The van der Waals surface area contributed by atoms with Crippen LogP contribution < -0.4 is 0 Å². The lowest BCUT2D eigenvalue weighted by molar-refractivity contribution is 0.0437. The highest BCUT2D eigenvalue weighted by atomic mass is 35.5. The van der Waals surface area contributed by atoms with Crippen LogP contribution in [0.3, 0.4) is 0 Å². The summed E-state index contributed by atoms with van der Waals surface area (Å²) in [7, 11) is 0. The van der Waals surface area contributed by atoms with E-state index in [2.05, 4.69) is 10.2 Å². The van der Waals surface area contributed by atoms with Crippen LogP contribution >= 0.6 is 11.6 Å². The number of aromatic nitrogens is 2. The molecular weight excluding hydrogens is 264 g/mol. The maximum atomic E-state index is 10.5. The quantitative estimate of drug-likeness (QED) is 0.908. The number of ether oxygens (including phenoxy) is 1. The van der Waals surface area contributed by atoms with E-state index < -0.39 is 6.10 Å². The van der Waals surface area contributed by atoms with Crippen molar-refractivity contribution in [3.63, 3.8) is 0 Å². The van der Waals surface area contributed by atoms with Crippen molar-refractivity contribution in [2.24, 2.45) is 5.92 Å². The summed E-state index contributed by atoms with van der Waals surface area (Å²) in [6, 6.07) is 3.68. The molecule has 1 fully saturated rings. The van der Waals surface area contributed by atoms with Gasteiger partial charge in [-0.1, -0.05) is 11.6 Å². The fraction of sp³-hybridized carbons (Fsp3) is 0.500. The van der Waals surface area contributed by atoms with E-state index in [0.717, 1.165) is 48.9 Å². The van der Waals surface area contributed by atoms with Gasteiger partial charge in [0.1, 0.15) is 0 Å². The lowest BCUT2D eigenvalue weighted by atomic mass is 9.90. The minimum Gasteiger partial charge on any atom is -0.388 e. The van der Waals surface area contributed by atoms with E-state index in [1.54, 1.807) is 6.20 Å². The van der Waals surface area contributed by atoms with Crippen LogP contribution in [0.4, 0.5) is 0 Å². The summed E-state index contributed by atoms with van der Waals surface area (Å²) in [5.74, 6) is 0.515. The molecular formula is C14H17ClN2O2. The number of aliphatic hydroxyl groups is 1. The summed E-state index contributed by atoms with van der Waals surface area (Å²) >= 11 is 6.09. The SMILES string of the molecule is OC(CC1CCOCC1)c1cc(Cl)cc2cn[nH]c12. The smallest absolute Gasteiger partial charge is 0.0814 e. The first-order valence-corrected chi connectivity index (χ1v) is 7.00. The van der Waals surface area contributed by atoms with Crippen molar-refractivity contribution in [3.8, 4) is 0 Å². The van der Waals surface area contributed by atoms with Crippen LogP contribution in [-0.2, 0) is 4.74 Å². The molecule has 1 atom stereocenters. The monoisotopic (exact) mass is 280 g/mol. The standard InChI is InChI=1S/C14H17ClN2O2/c15-11-6-10-8-16-17-14(10)12(7-11)13(18)5-9-1-3-19-4-2-9/h6-9,13,18H,1-5H2,(H,16,17). The third-order valence-corrected chi connectivity index (χ3v) is 4.02. The first-order chi connectivity index (χ1) is 9.24. The summed E-state index contributed by atoms with van der Waals surface area (Å²) in [5.41, 5.74) is 1.72. The average Bonchev–Trinajstić information content (AvgIpc) is 2.86. The van der Waals surface area contributed by atoms with Gasteiger partial charge < -0.3 is 9.84 Å². The fourth-order valence-electron chi connectivity index (χ4n) is 2.73. The summed E-state index contributed by atoms with van der Waals surface area (Å²) < 4.78 is 5.35. The second-order valence-corrected chi connectivity index (χ2v) is 5.57. The van der Waals surface area contributed by atoms with Gasteiger partial charge >= 0.3 is 0 Å². The molecule has 1 aromatic heterocycles. The Balaban J connectivity index is 1.83. The molecule has 2 N–H and O–H groups in total. The molecule has 1 saturated heterocycles. The molecule has 0 radical (unpaired) electrons. The Kier molecular flexibility index (Phi) is 3.73. The molecule has 0 bridgehead atoms. The topological polar surface area (TPSA) is 58.1 Å². The van der Waals surface area contributed by atoms with Crippen molar-refractivity contribution in [1.29, 1.82) is 0 Å². The lowest BCUT2D eigenvalue weighted by Gasteiger charge is -2.24. The molecule has 2 heterocycles. The summed E-state index contributed by atoms with van der Waals surface area (Å²) in [5, 5.41) is 19.0. The molecule has 1 aromatic carbocycles. The molecule has 1 unspecified atom stereocenters. The van der Waals surface area contributed by atoms with Crippen molar-refractivity contribution < 1.29 is 9.84 Å². The van der Waals surface area contributed by atoms with Crippen molar-refractivity contribution in [2.45, 2.75) is 25.4 Å². The number of H-pyrrole nitrogens is 1. The Hall–Kier alpha value is -1.10. The van der Waals surface area contributed by atoms with Crippen LogP contribution in [0, 0.1) is 5.92 Å². The molecule has 2 aromatic rings. The Morgan fingerprint density at radius 3 is 3.00 bits per heavy atom. The summed E-state index contributed by atoms with van der Waals surface area (Å²) in [6.45, 7) is 1.60. The van der Waals surface area contributed by atoms with Gasteiger partial charge in [-0.15, -0.1) is 0 Å². The molecule has 19 heavy (non-hydrogen) atoms. The third kappa shape index (κ3) is 2.76. The number of nitrogens with zero attached hydrogens (tertiary/aromatic N) is 1. The van der Waals surface area contributed by atoms with Crippen molar-refractivity contribution in [3.05, 3.63) is 28.9 Å². The van der Waals surface area contributed by atoms with E-state index in [1.165, 1.54) is 0 Å². The van der Waals surface area contributed by atoms with Crippen LogP contribution in [0.15, 0.2) is 18.3 Å². The molecule has 1 aliphatic rings. The number of hydrogen-bond donors (Lipinski definition) is 2. The number of rotatable bonds is 3. The lowest BCUT2D eigenvalue weighted by Crippen LogP contribution is -2.18. The van der Waals surface area contributed by atoms with Crippen LogP contribution in [0.1, 0.15) is 30.9 Å². The third-order valence-electron chi connectivity index (χ3n) is 3.80. The van der Waals surface area contributed by atoms with Gasteiger partial charge in [-0.25, -0.2) is 0 Å². The van der Waals surface area contributed by atoms with Gasteiger partial charge in [-0.2, -0.15) is 5.10 Å². The Labute approximate surface area is 116 Å². The number of aromatic amines is 1. The van der Waals surface area contributed by atoms with Crippen LogP contribution in [0.25, 0.3) is 10.9 Å². The van der Waals surface area contributed by atoms with Crippen molar-refractivity contribution >= 4 is 22.5 Å². The number of aliphatic hydroxyl groups excluding tert-OH is 1. The molecule has 0 saturated carbocycles. The molecule has 5 heteroatoms. The zero-order chi connectivity index (χ0) is 13.2. The number of nitrogens with one attached hydrogen (secondary N) is 1.